The summed E-state index contributed by atoms with van der Waals surface area (Å²) < 4.78 is 37.2. The van der Waals surface area contributed by atoms with Crippen molar-refractivity contribution in [2.24, 2.45) is 0 Å². The quantitative estimate of drug-likeness (QED) is 0.577. The van der Waals surface area contributed by atoms with E-state index in [9.17, 15) is 13.2 Å². The molecule has 0 unspecified atom stereocenters. The van der Waals surface area contributed by atoms with Crippen LogP contribution in [0.4, 0.5) is 5.13 Å². The first-order valence-corrected chi connectivity index (χ1v) is 12.0. The van der Waals surface area contributed by atoms with E-state index in [-0.39, 0.29) is 17.6 Å². The van der Waals surface area contributed by atoms with E-state index < -0.39 is 10.0 Å². The van der Waals surface area contributed by atoms with Gasteiger partial charge in [-0.15, -0.1) is 11.3 Å². The van der Waals surface area contributed by atoms with Crippen molar-refractivity contribution in [1.29, 1.82) is 0 Å². The Kier molecular flexibility index (Phi) is 5.94. The summed E-state index contributed by atoms with van der Waals surface area (Å²) in [6, 6.07) is 11.4. The summed E-state index contributed by atoms with van der Waals surface area (Å²) in [7, 11) is -3.56. The zero-order valence-electron chi connectivity index (χ0n) is 17.0. The number of benzene rings is 2. The molecule has 0 atom stereocenters. The molecule has 0 saturated heterocycles. The van der Waals surface area contributed by atoms with Gasteiger partial charge in [0.05, 0.1) is 10.6 Å². The maximum Gasteiger partial charge on any atom is 0.257 e. The molecule has 0 saturated carbocycles. The van der Waals surface area contributed by atoms with Gasteiger partial charge >= 0.3 is 0 Å². The zero-order valence-corrected chi connectivity index (χ0v) is 18.6. The molecule has 2 heterocycles. The molecule has 0 fully saturated rings. The highest BCUT2D eigenvalue weighted by molar-refractivity contribution is 7.89. The second-order valence-electron chi connectivity index (χ2n) is 6.67. The summed E-state index contributed by atoms with van der Waals surface area (Å²) in [6.45, 7) is 4.54. The fourth-order valence-electron chi connectivity index (χ4n) is 3.18. The third-order valence-electron chi connectivity index (χ3n) is 4.85. The van der Waals surface area contributed by atoms with Crippen LogP contribution in [0.5, 0.6) is 11.5 Å². The van der Waals surface area contributed by atoms with Gasteiger partial charge in [-0.3, -0.25) is 10.1 Å². The van der Waals surface area contributed by atoms with E-state index in [1.54, 1.807) is 13.8 Å². The number of sulfonamides is 1. The molecular formula is C21H21N3O5S2. The van der Waals surface area contributed by atoms with E-state index in [2.05, 4.69) is 10.3 Å². The Bertz CT molecular complexity index is 1200. The Hall–Kier alpha value is -2.95. The maximum absolute atomic E-state index is 12.6. The van der Waals surface area contributed by atoms with Crippen LogP contribution in [0.15, 0.2) is 52.7 Å². The van der Waals surface area contributed by atoms with E-state index in [4.69, 9.17) is 9.47 Å². The van der Waals surface area contributed by atoms with E-state index in [0.29, 0.717) is 41.0 Å². The first-order valence-electron chi connectivity index (χ1n) is 9.69. The molecule has 8 nitrogen and oxygen atoms in total. The van der Waals surface area contributed by atoms with E-state index in [1.807, 2.05) is 23.6 Å². The smallest absolute Gasteiger partial charge is 0.257 e. The van der Waals surface area contributed by atoms with Crippen LogP contribution in [0, 0.1) is 0 Å². The van der Waals surface area contributed by atoms with E-state index >= 15 is 0 Å². The Morgan fingerprint density at radius 1 is 1.10 bits per heavy atom. The molecule has 0 bridgehead atoms. The molecule has 31 heavy (non-hydrogen) atoms. The van der Waals surface area contributed by atoms with Crippen LogP contribution >= 0.6 is 11.3 Å². The molecule has 1 amide bonds. The average molecular weight is 460 g/mol. The van der Waals surface area contributed by atoms with Gasteiger partial charge in [0.15, 0.2) is 16.6 Å². The number of anilines is 1. The number of nitrogens with zero attached hydrogens (tertiary/aromatic N) is 2. The Labute approximate surface area is 184 Å². The molecule has 0 aliphatic carbocycles. The van der Waals surface area contributed by atoms with Crippen LogP contribution in [0.3, 0.4) is 0 Å². The zero-order chi connectivity index (χ0) is 22.0. The number of aromatic nitrogens is 1. The third-order valence-corrected chi connectivity index (χ3v) is 7.67. The SMILES string of the molecule is CCN(CC)S(=O)(=O)c1ccc(C(=O)Nc2nc(-c3ccc4c(c3)OCO4)cs2)cc1. The maximum atomic E-state index is 12.6. The lowest BCUT2D eigenvalue weighted by atomic mass is 10.1. The number of carbonyl (C=O) groups is 1. The van der Waals surface area contributed by atoms with E-state index in [0.717, 1.165) is 5.56 Å². The van der Waals surface area contributed by atoms with Gasteiger partial charge < -0.3 is 9.47 Å². The Morgan fingerprint density at radius 3 is 2.52 bits per heavy atom. The number of hydrogen-bond acceptors (Lipinski definition) is 7. The molecule has 4 rings (SSSR count). The van der Waals surface area contributed by atoms with Crippen molar-refractivity contribution in [2.45, 2.75) is 18.7 Å². The lowest BCUT2D eigenvalue weighted by Gasteiger charge is -2.18. The highest BCUT2D eigenvalue weighted by Gasteiger charge is 2.22. The lowest BCUT2D eigenvalue weighted by molar-refractivity contribution is 0.102. The van der Waals surface area contributed by atoms with Gasteiger partial charge in [-0.1, -0.05) is 13.8 Å². The second kappa shape index (κ2) is 8.66. The number of rotatable bonds is 7. The first kappa shape index (κ1) is 21.3. The molecule has 3 aromatic rings. The fourth-order valence-corrected chi connectivity index (χ4v) is 5.35. The summed E-state index contributed by atoms with van der Waals surface area (Å²) in [5, 5.41) is 5.04. The second-order valence-corrected chi connectivity index (χ2v) is 9.47. The van der Waals surface area contributed by atoms with Crippen molar-refractivity contribution in [3.05, 3.63) is 53.4 Å². The van der Waals surface area contributed by atoms with Crippen LogP contribution in [0.25, 0.3) is 11.3 Å². The highest BCUT2D eigenvalue weighted by Crippen LogP contribution is 2.36. The first-order chi connectivity index (χ1) is 14.9. The average Bonchev–Trinajstić information content (AvgIpc) is 3.43. The van der Waals surface area contributed by atoms with Crippen LogP contribution < -0.4 is 14.8 Å². The monoisotopic (exact) mass is 459 g/mol. The lowest BCUT2D eigenvalue weighted by Crippen LogP contribution is -2.30. The number of thiazole rings is 1. The molecule has 10 heteroatoms. The molecule has 2 aromatic carbocycles. The predicted molar refractivity (Wildman–Crippen MR) is 118 cm³/mol. The van der Waals surface area contributed by atoms with Gasteiger partial charge in [-0.05, 0) is 42.5 Å². The summed E-state index contributed by atoms with van der Waals surface area (Å²) in [5.74, 6) is 0.994. The van der Waals surface area contributed by atoms with E-state index in [1.165, 1.54) is 39.9 Å². The largest absolute Gasteiger partial charge is 0.454 e. The van der Waals surface area contributed by atoms with Crippen molar-refractivity contribution >= 4 is 32.4 Å². The summed E-state index contributed by atoms with van der Waals surface area (Å²) in [4.78, 5) is 17.2. The standard InChI is InChI=1S/C21H21N3O5S2/c1-3-24(4-2)31(26,27)16-8-5-14(6-9-16)20(25)23-21-22-17(12-30-21)15-7-10-18-19(11-15)29-13-28-18/h5-12H,3-4,13H2,1-2H3,(H,22,23,25). The van der Waals surface area contributed by atoms with Gasteiger partial charge in [0.25, 0.3) is 5.91 Å². The van der Waals surface area contributed by atoms with Crippen LogP contribution in [0.1, 0.15) is 24.2 Å². The number of fused-ring (bicyclic) bond motifs is 1. The normalized spacial score (nSPS) is 12.9. The summed E-state index contributed by atoms with van der Waals surface area (Å²) >= 11 is 1.30. The fraction of sp³-hybridized carbons (Fsp3) is 0.238. The topological polar surface area (TPSA) is 97.8 Å². The molecule has 162 valence electrons. The number of hydrogen-bond donors (Lipinski definition) is 1. The molecule has 1 N–H and O–H groups in total. The van der Waals surface area contributed by atoms with Crippen molar-refractivity contribution in [1.82, 2.24) is 9.29 Å². The van der Waals surface area contributed by atoms with Gasteiger partial charge in [-0.2, -0.15) is 4.31 Å². The number of ether oxygens (including phenoxy) is 2. The predicted octanol–water partition coefficient (Wildman–Crippen LogP) is 3.82. The van der Waals surface area contributed by atoms with Gasteiger partial charge in [0.2, 0.25) is 16.8 Å². The Morgan fingerprint density at radius 2 is 1.81 bits per heavy atom. The van der Waals surface area contributed by atoms with Crippen molar-refractivity contribution < 1.29 is 22.7 Å². The third kappa shape index (κ3) is 4.27. The summed E-state index contributed by atoms with van der Waals surface area (Å²) in [6.07, 6.45) is 0. The molecule has 1 aliphatic rings. The number of carbonyl (C=O) groups excluding carboxylic acids is 1. The van der Waals surface area contributed by atoms with Crippen LogP contribution in [0.2, 0.25) is 0 Å². The molecule has 1 aromatic heterocycles. The number of amides is 1. The minimum atomic E-state index is -3.56. The molecular weight excluding hydrogens is 438 g/mol. The van der Waals surface area contributed by atoms with Gasteiger partial charge in [0.1, 0.15) is 0 Å². The van der Waals surface area contributed by atoms with Gasteiger partial charge in [-0.25, -0.2) is 13.4 Å². The minimum Gasteiger partial charge on any atom is -0.454 e. The molecule has 0 spiro atoms. The van der Waals surface area contributed by atoms with Crippen molar-refractivity contribution in [3.8, 4) is 22.8 Å². The molecule has 0 radical (unpaired) electrons. The molecule has 1 aliphatic heterocycles. The van der Waals surface area contributed by atoms with Crippen molar-refractivity contribution in [2.75, 3.05) is 25.2 Å². The highest BCUT2D eigenvalue weighted by atomic mass is 32.2. The van der Waals surface area contributed by atoms with Gasteiger partial charge in [0, 0.05) is 29.6 Å². The minimum absolute atomic E-state index is 0.159. The van der Waals surface area contributed by atoms with Crippen molar-refractivity contribution in [3.63, 3.8) is 0 Å². The number of nitrogens with one attached hydrogen (secondary N) is 1. The van der Waals surface area contributed by atoms with Crippen LogP contribution in [-0.4, -0.2) is 43.5 Å². The summed E-state index contributed by atoms with van der Waals surface area (Å²) in [5.41, 5.74) is 1.91. The van der Waals surface area contributed by atoms with Crippen LogP contribution in [-0.2, 0) is 10.0 Å². The Balaban J connectivity index is 1.47.